The van der Waals surface area contributed by atoms with Crippen LogP contribution >= 0.6 is 0 Å². The van der Waals surface area contributed by atoms with Gasteiger partial charge < -0.3 is 10.2 Å². The van der Waals surface area contributed by atoms with Crippen LogP contribution in [0.3, 0.4) is 0 Å². The number of nitrogens with one attached hydrogen (secondary N) is 1. The van der Waals surface area contributed by atoms with E-state index in [0.29, 0.717) is 13.1 Å². The summed E-state index contributed by atoms with van der Waals surface area (Å²) in [4.78, 5) is 13.4. The molecule has 6 heteroatoms. The molecule has 0 aromatic heterocycles. The predicted molar refractivity (Wildman–Crippen MR) is 62.9 cm³/mol. The normalized spacial score (nSPS) is 24.1. The van der Waals surface area contributed by atoms with E-state index in [2.05, 4.69) is 11.9 Å². The molecule has 1 aliphatic heterocycles. The highest BCUT2D eigenvalue weighted by atomic mass is 32.2. The van der Waals surface area contributed by atoms with Crippen molar-refractivity contribution in [3.8, 4) is 0 Å². The second-order valence-electron chi connectivity index (χ2n) is 3.97. The molecule has 16 heavy (non-hydrogen) atoms. The van der Waals surface area contributed by atoms with E-state index in [-0.39, 0.29) is 30.0 Å². The van der Waals surface area contributed by atoms with Gasteiger partial charge in [0.2, 0.25) is 5.91 Å². The van der Waals surface area contributed by atoms with Gasteiger partial charge in [-0.3, -0.25) is 4.79 Å². The smallest absolute Gasteiger partial charge is 0.236 e. The summed E-state index contributed by atoms with van der Waals surface area (Å²) in [6, 6.07) is -0.225. The first-order valence-electron chi connectivity index (χ1n) is 5.28. The molecule has 1 aliphatic rings. The number of hydrogen-bond donors (Lipinski definition) is 1. The minimum atomic E-state index is -2.95. The van der Waals surface area contributed by atoms with Crippen LogP contribution in [0.15, 0.2) is 12.7 Å². The van der Waals surface area contributed by atoms with E-state index < -0.39 is 9.84 Å². The first-order valence-corrected chi connectivity index (χ1v) is 7.10. The highest BCUT2D eigenvalue weighted by Gasteiger charge is 2.30. The molecule has 1 amide bonds. The zero-order valence-electron chi connectivity index (χ0n) is 9.48. The van der Waals surface area contributed by atoms with Crippen LogP contribution in [0.5, 0.6) is 0 Å². The highest BCUT2D eigenvalue weighted by molar-refractivity contribution is 7.91. The van der Waals surface area contributed by atoms with Gasteiger partial charge in [0.25, 0.3) is 0 Å². The summed E-state index contributed by atoms with van der Waals surface area (Å²) < 4.78 is 22.6. The van der Waals surface area contributed by atoms with Gasteiger partial charge in [0, 0.05) is 19.1 Å². The second-order valence-corrected chi connectivity index (χ2v) is 6.20. The molecule has 0 aromatic rings. The lowest BCUT2D eigenvalue weighted by atomic mass is 10.3. The molecule has 1 rings (SSSR count). The number of amides is 1. The van der Waals surface area contributed by atoms with Crippen molar-refractivity contribution in [2.45, 2.75) is 13.0 Å². The van der Waals surface area contributed by atoms with Crippen molar-refractivity contribution in [3.05, 3.63) is 12.7 Å². The molecule has 92 valence electrons. The highest BCUT2D eigenvalue weighted by Crippen LogP contribution is 2.11. The molecule has 1 fully saturated rings. The lowest BCUT2D eigenvalue weighted by molar-refractivity contribution is -0.131. The fourth-order valence-corrected chi connectivity index (χ4v) is 3.31. The SMILES string of the molecule is C=CCNCC(=O)N1CCS(=O)(=O)CC1C. The number of carbonyl (C=O) groups excluding carboxylic acids is 1. The Balaban J connectivity index is 2.48. The molecule has 1 atom stereocenters. The number of carbonyl (C=O) groups is 1. The first kappa shape index (κ1) is 13.2. The van der Waals surface area contributed by atoms with Crippen LogP contribution in [0.1, 0.15) is 6.92 Å². The minimum Gasteiger partial charge on any atom is -0.337 e. The van der Waals surface area contributed by atoms with E-state index in [1.54, 1.807) is 17.9 Å². The monoisotopic (exact) mass is 246 g/mol. The Kier molecular flexibility index (Phi) is 4.49. The standard InChI is InChI=1S/C10H18N2O3S/c1-3-4-11-7-10(13)12-5-6-16(14,15)8-9(12)2/h3,9,11H,1,4-8H2,2H3. The number of nitrogens with zero attached hydrogens (tertiary/aromatic N) is 1. The van der Waals surface area contributed by atoms with Gasteiger partial charge in [0.05, 0.1) is 18.1 Å². The lowest BCUT2D eigenvalue weighted by Gasteiger charge is -2.33. The Morgan fingerprint density at radius 1 is 1.62 bits per heavy atom. The van der Waals surface area contributed by atoms with Crippen molar-refractivity contribution in [3.63, 3.8) is 0 Å². The maximum absolute atomic E-state index is 11.7. The molecule has 0 bridgehead atoms. The van der Waals surface area contributed by atoms with Gasteiger partial charge in [0.1, 0.15) is 0 Å². The van der Waals surface area contributed by atoms with Crippen LogP contribution in [0.2, 0.25) is 0 Å². The van der Waals surface area contributed by atoms with E-state index in [4.69, 9.17) is 0 Å². The Morgan fingerprint density at radius 2 is 2.31 bits per heavy atom. The Morgan fingerprint density at radius 3 is 2.88 bits per heavy atom. The van der Waals surface area contributed by atoms with E-state index >= 15 is 0 Å². The van der Waals surface area contributed by atoms with Crippen molar-refractivity contribution in [1.29, 1.82) is 0 Å². The molecular weight excluding hydrogens is 228 g/mol. The molecule has 0 spiro atoms. The lowest BCUT2D eigenvalue weighted by Crippen LogP contribution is -2.52. The Labute approximate surface area is 96.4 Å². The quantitative estimate of drug-likeness (QED) is 0.532. The molecular formula is C10H18N2O3S. The summed E-state index contributed by atoms with van der Waals surface area (Å²) in [5.74, 6) is 0.0920. The molecule has 0 radical (unpaired) electrons. The number of rotatable bonds is 4. The zero-order valence-corrected chi connectivity index (χ0v) is 10.3. The summed E-state index contributed by atoms with van der Waals surface area (Å²) in [6.45, 7) is 6.42. The molecule has 0 aromatic carbocycles. The molecule has 1 N–H and O–H groups in total. The van der Waals surface area contributed by atoms with Crippen LogP contribution in [0.4, 0.5) is 0 Å². The van der Waals surface area contributed by atoms with Crippen molar-refractivity contribution >= 4 is 15.7 Å². The third kappa shape index (κ3) is 3.61. The Bertz CT molecular complexity index is 364. The fraction of sp³-hybridized carbons (Fsp3) is 0.700. The summed E-state index contributed by atoms with van der Waals surface area (Å²) in [7, 11) is -2.95. The average molecular weight is 246 g/mol. The molecule has 1 saturated heterocycles. The number of sulfone groups is 1. The van der Waals surface area contributed by atoms with Crippen LogP contribution < -0.4 is 5.32 Å². The van der Waals surface area contributed by atoms with Crippen molar-refractivity contribution in [1.82, 2.24) is 10.2 Å². The van der Waals surface area contributed by atoms with Crippen LogP contribution in [0, 0.1) is 0 Å². The summed E-state index contributed by atoms with van der Waals surface area (Å²) in [5, 5.41) is 2.91. The zero-order chi connectivity index (χ0) is 12.2. The van der Waals surface area contributed by atoms with Gasteiger partial charge in [-0.15, -0.1) is 6.58 Å². The maximum atomic E-state index is 11.7. The third-order valence-electron chi connectivity index (χ3n) is 2.56. The summed E-state index contributed by atoms with van der Waals surface area (Å²) >= 11 is 0. The second kappa shape index (κ2) is 5.45. The minimum absolute atomic E-state index is 0.0516. The van der Waals surface area contributed by atoms with E-state index in [0.717, 1.165) is 0 Å². The van der Waals surface area contributed by atoms with Gasteiger partial charge >= 0.3 is 0 Å². The van der Waals surface area contributed by atoms with E-state index in [1.807, 2.05) is 0 Å². The maximum Gasteiger partial charge on any atom is 0.236 e. The van der Waals surface area contributed by atoms with Crippen LogP contribution in [-0.4, -0.2) is 56.4 Å². The largest absolute Gasteiger partial charge is 0.337 e. The van der Waals surface area contributed by atoms with Gasteiger partial charge in [-0.1, -0.05) is 6.08 Å². The topological polar surface area (TPSA) is 66.5 Å². The van der Waals surface area contributed by atoms with Gasteiger partial charge in [-0.25, -0.2) is 8.42 Å². The number of hydrogen-bond acceptors (Lipinski definition) is 4. The van der Waals surface area contributed by atoms with Crippen LogP contribution in [-0.2, 0) is 14.6 Å². The van der Waals surface area contributed by atoms with E-state index in [1.165, 1.54) is 0 Å². The first-order chi connectivity index (χ1) is 7.46. The average Bonchev–Trinajstić information content (AvgIpc) is 2.16. The third-order valence-corrected chi connectivity index (χ3v) is 4.35. The van der Waals surface area contributed by atoms with E-state index in [9.17, 15) is 13.2 Å². The van der Waals surface area contributed by atoms with Crippen molar-refractivity contribution in [2.24, 2.45) is 0 Å². The molecule has 5 nitrogen and oxygen atoms in total. The fourth-order valence-electron chi connectivity index (χ4n) is 1.75. The van der Waals surface area contributed by atoms with Crippen LogP contribution in [0.25, 0.3) is 0 Å². The van der Waals surface area contributed by atoms with Crippen molar-refractivity contribution in [2.75, 3.05) is 31.1 Å². The van der Waals surface area contributed by atoms with Crippen molar-refractivity contribution < 1.29 is 13.2 Å². The molecule has 0 aliphatic carbocycles. The molecule has 0 saturated carbocycles. The Hall–Kier alpha value is -0.880. The van der Waals surface area contributed by atoms with Gasteiger partial charge in [0.15, 0.2) is 9.84 Å². The van der Waals surface area contributed by atoms with Gasteiger partial charge in [-0.2, -0.15) is 0 Å². The predicted octanol–water partition coefficient (Wildman–Crippen LogP) is -0.592. The summed E-state index contributed by atoms with van der Waals surface area (Å²) in [6.07, 6.45) is 1.68. The van der Waals surface area contributed by atoms with Gasteiger partial charge in [-0.05, 0) is 6.92 Å². The summed E-state index contributed by atoms with van der Waals surface area (Å²) in [5.41, 5.74) is 0. The molecule has 1 unspecified atom stereocenters. The molecule has 1 heterocycles.